The van der Waals surface area contributed by atoms with E-state index in [0.717, 1.165) is 83.5 Å². The first kappa shape index (κ1) is 112. The van der Waals surface area contributed by atoms with Gasteiger partial charge in [-0.15, -0.1) is 10.2 Å². The van der Waals surface area contributed by atoms with Crippen molar-refractivity contribution in [2.45, 2.75) is 84.2 Å². The number of alkyl halides is 6. The number of pyridine rings is 2. The molecule has 16 aromatic rings. The molecular weight excluding hydrogens is 2170 g/mol. The van der Waals surface area contributed by atoms with Crippen molar-refractivity contribution in [1.82, 2.24) is 74.5 Å². The van der Waals surface area contributed by atoms with Gasteiger partial charge in [0.2, 0.25) is 38.0 Å². The van der Waals surface area contributed by atoms with E-state index in [1.807, 2.05) is 6.92 Å². The molecule has 0 radical (unpaired) electrons. The molecule has 0 aliphatic carbocycles. The fourth-order valence-electron chi connectivity index (χ4n) is 12.8. The lowest BCUT2D eigenvalue weighted by Gasteiger charge is -2.21. The molecule has 16 rings (SSSR count). The summed E-state index contributed by atoms with van der Waals surface area (Å²) in [6.07, 6.45) is -9.08. The Bertz CT molecular complexity index is 7280. The van der Waals surface area contributed by atoms with Crippen LogP contribution in [0.2, 0.25) is 39.3 Å². The number of anilines is 6. The van der Waals surface area contributed by atoms with E-state index in [-0.39, 0.29) is 110 Å². The van der Waals surface area contributed by atoms with Crippen molar-refractivity contribution in [2.75, 3.05) is 33.8 Å². The summed E-state index contributed by atoms with van der Waals surface area (Å²) in [5, 5.41) is 33.8. The van der Waals surface area contributed by atoms with Crippen LogP contribution in [0.5, 0.6) is 0 Å². The van der Waals surface area contributed by atoms with Crippen LogP contribution in [-0.4, -0.2) is 126 Å². The van der Waals surface area contributed by atoms with Crippen LogP contribution in [0.25, 0.3) is 67.5 Å². The number of carboxylic acid groups (broad SMARTS) is 1. The zero-order valence-corrected chi connectivity index (χ0v) is 82.9. The van der Waals surface area contributed by atoms with Crippen molar-refractivity contribution in [2.24, 2.45) is 10.5 Å². The van der Waals surface area contributed by atoms with Crippen molar-refractivity contribution in [3.63, 3.8) is 0 Å². The molecule has 53 heteroatoms. The second kappa shape index (κ2) is 48.9. The van der Waals surface area contributed by atoms with Gasteiger partial charge >= 0.3 is 25.4 Å². The van der Waals surface area contributed by atoms with Crippen LogP contribution < -0.4 is 50.5 Å². The minimum atomic E-state index is -4.73. The van der Waals surface area contributed by atoms with Gasteiger partial charge in [0.25, 0.3) is 0 Å². The first-order valence-corrected chi connectivity index (χ1v) is 51.0. The number of amides is 1. The molecule has 0 atom stereocenters. The molecule has 0 bridgehead atoms. The summed E-state index contributed by atoms with van der Waals surface area (Å²) in [6, 6.07) is 39.6. The largest absolute Gasteiger partial charge is 0.535 e. The second-order valence-corrected chi connectivity index (χ2v) is 43.4. The number of nitrogen functional groups attached to an aromatic ring is 5. The van der Waals surface area contributed by atoms with Gasteiger partial charge in [0.15, 0.2) is 48.7 Å². The number of nitrogens with two attached hydrogens (primary N) is 5. The molecule has 0 unspecified atom stereocenters. The SMILES string of the molecule is CC(=N[Si](C)(C)C)O[Si](C)(C)C.NNc1nc(N)nc(-c2ccc(F)cc2)c1Br.Nc1nc(-c2ccc(F)cc2)c(-c2ccnc(C(F)(F)F)c2)c2nc(Cc3c(F)cccc3F)nn12.Nc1nc(-c2ccc(F)cc2)c(Br)c2nc(Cc3c(F)cccc3F)nn12.Nc1nc(NNC(=O)Cc2c(F)cccc2F)c(Br)c(-c2ccc(F)cc2)n1.O=C(O)Cc1c(F)cccc1F.OB(O)c1ccnc(C(F)(F)F)c1. The van der Waals surface area contributed by atoms with Gasteiger partial charge in [-0.1, -0.05) is 24.3 Å². The highest BCUT2D eigenvalue weighted by molar-refractivity contribution is 9.11. The van der Waals surface area contributed by atoms with Gasteiger partial charge < -0.3 is 47.9 Å². The van der Waals surface area contributed by atoms with Crippen LogP contribution in [0.4, 0.5) is 114 Å². The first-order valence-electron chi connectivity index (χ1n) is 41.7. The van der Waals surface area contributed by atoms with Crippen LogP contribution in [0.1, 0.15) is 52.2 Å². The summed E-state index contributed by atoms with van der Waals surface area (Å²) in [4.78, 5) is 61.9. The van der Waals surface area contributed by atoms with Crippen molar-refractivity contribution >= 4 is 141 Å². The Morgan fingerprint density at radius 1 is 0.441 bits per heavy atom. The number of aliphatic carboxylic acids is 1. The third kappa shape index (κ3) is 31.3. The van der Waals surface area contributed by atoms with E-state index in [0.29, 0.717) is 70.3 Å². The monoisotopic (exact) mass is 2250 g/mol. The number of hydrogen-bond acceptors (Lipinski definition) is 25. The van der Waals surface area contributed by atoms with Crippen LogP contribution >= 0.6 is 47.8 Å². The topological polar surface area (TPSA) is 446 Å². The maximum absolute atomic E-state index is 14.2. The molecule has 145 heavy (non-hydrogen) atoms. The second-order valence-electron chi connectivity index (χ2n) is 32.1. The Morgan fingerprint density at radius 2 is 0.793 bits per heavy atom. The maximum Gasteiger partial charge on any atom is 0.488 e. The fourth-order valence-corrected chi connectivity index (χ4v) is 16.4. The minimum Gasteiger partial charge on any atom is -0.535 e. The predicted octanol–water partition coefficient (Wildman–Crippen LogP) is 19.6. The third-order valence-electron chi connectivity index (χ3n) is 19.0. The predicted molar refractivity (Wildman–Crippen MR) is 522 cm³/mol. The number of nitrogens with zero attached hydrogens (tertiary/aromatic N) is 15. The van der Waals surface area contributed by atoms with E-state index in [1.165, 1.54) is 108 Å². The molecule has 0 spiro atoms. The van der Waals surface area contributed by atoms with Crippen LogP contribution in [0, 0.1) is 69.8 Å². The third-order valence-corrected chi connectivity index (χ3v) is 23.1. The van der Waals surface area contributed by atoms with E-state index in [9.17, 15) is 88.6 Å². The standard InChI is InChI=1S/C24H14F6N6.C18H13BrF3N5O.C18H11BrF3N5.C10H9BrFN5.C8H6F2O2.C8H21NOSi2.C6H5BF3NO2/c25-14-6-4-12(5-7-14)21-20(13-8-9-32-18(10-13)24(28,29)30)22-33-19(35-36(22)23(31)34-21)11-15-16(26)2-1-3-17(15)27;19-15-16(9-4-6-10(20)7-5-9)24-18(23)25-17(15)27-26-14(28)8-11-12(21)2-1-3-13(11)22;19-15-16(9-4-6-10(20)7-5-9)25-18(23)27-17(15)24-14(26-27)8-11-12(21)2-1-3-13(11)22;11-7-8(5-1-3-6(12)4-2-5)15-10(13)16-9(7)17-14;9-6-2-1-3-7(10)5(6)4-8(11)12;1-8(9-11(2,3)4)10-12(5,6)7;8-6(9,10)5-3-4(7(12)13)1-2-11-5/h1-10H,11H2,(H2,31,34);1-7H,8H2,(H,26,28)(H3,23,24,25,27);1-7H,8H2,(H2,23,25);1-4H,14H2,(H3,13,15,16,17);1-3H,4H2,(H,11,12);1-7H3;1-3,12-13H. The highest BCUT2D eigenvalue weighted by Crippen LogP contribution is 2.40. The summed E-state index contributed by atoms with van der Waals surface area (Å²) >= 11 is 10.0. The van der Waals surface area contributed by atoms with Gasteiger partial charge in [0, 0.05) is 76.7 Å². The zero-order valence-electron chi connectivity index (χ0n) is 76.1. The van der Waals surface area contributed by atoms with Gasteiger partial charge in [-0.25, -0.2) is 88.4 Å². The molecule has 0 aliphatic heterocycles. The van der Waals surface area contributed by atoms with E-state index in [4.69, 9.17) is 48.4 Å². The van der Waals surface area contributed by atoms with Gasteiger partial charge in [0.05, 0.1) is 54.6 Å². The molecule has 29 nitrogen and oxygen atoms in total. The highest BCUT2D eigenvalue weighted by atomic mass is 79.9. The number of aromatic nitrogens is 14. The quantitative estimate of drug-likeness (QED) is 0.00894. The number of carbonyl (C=O) groups is 2. The average molecular weight is 2250 g/mol. The summed E-state index contributed by atoms with van der Waals surface area (Å²) in [5.74, 6) is -3.17. The number of nitrogens with one attached hydrogen (secondary N) is 3. The summed E-state index contributed by atoms with van der Waals surface area (Å²) in [6.45, 7) is 15.1. The van der Waals surface area contributed by atoms with E-state index < -0.39 is 136 Å². The lowest BCUT2D eigenvalue weighted by molar-refractivity contribution is -0.141. The van der Waals surface area contributed by atoms with Crippen molar-refractivity contribution in [1.29, 1.82) is 0 Å². The summed E-state index contributed by atoms with van der Waals surface area (Å²) in [5.41, 5.74) is 31.0. The molecule has 8 aromatic carbocycles. The normalized spacial score (nSPS) is 11.3. The van der Waals surface area contributed by atoms with Gasteiger partial charge in [0.1, 0.15) is 81.2 Å². The van der Waals surface area contributed by atoms with Gasteiger partial charge in [-0.2, -0.15) is 45.3 Å². The highest BCUT2D eigenvalue weighted by Gasteiger charge is 2.36. The number of hydrogen-bond donors (Lipinski definition) is 11. The molecule has 16 N–H and O–H groups in total. The Kier molecular flexibility index (Phi) is 37.8. The Morgan fingerprint density at radius 3 is 1.18 bits per heavy atom. The number of carboxylic acids is 1. The Labute approximate surface area is 838 Å². The molecule has 1 amide bonds. The number of hydrazine groups is 2. The van der Waals surface area contributed by atoms with E-state index in [2.05, 4.69) is 168 Å². The van der Waals surface area contributed by atoms with Crippen LogP contribution in [-0.2, 0) is 52.1 Å². The van der Waals surface area contributed by atoms with Crippen molar-refractivity contribution in [3.05, 3.63) is 335 Å². The van der Waals surface area contributed by atoms with Gasteiger partial charge in [-0.3, -0.25) is 35.1 Å². The number of fused-ring (bicyclic) bond motifs is 2. The summed E-state index contributed by atoms with van der Waals surface area (Å²) in [7, 11) is -4.68. The smallest absolute Gasteiger partial charge is 0.488 e. The molecule has 0 saturated carbocycles. The maximum atomic E-state index is 14.2. The minimum absolute atomic E-state index is 0.00658. The Balaban J connectivity index is 0.000000181. The molecule has 0 fully saturated rings. The lowest BCUT2D eigenvalue weighted by atomic mass is 9.81. The van der Waals surface area contributed by atoms with E-state index >= 15 is 0 Å². The molecule has 0 saturated heterocycles. The lowest BCUT2D eigenvalue weighted by Crippen LogP contribution is -2.32. The van der Waals surface area contributed by atoms with Crippen molar-refractivity contribution in [3.8, 4) is 56.2 Å². The molecular formula is C92H79BBr3F18N23O6Si2. The zero-order chi connectivity index (χ0) is 107. The average Bonchev–Trinajstić information content (AvgIpc) is 1.65. The van der Waals surface area contributed by atoms with Crippen LogP contribution in [0.15, 0.2) is 225 Å². The van der Waals surface area contributed by atoms with Crippen LogP contribution in [0.3, 0.4) is 0 Å². The molecule has 8 heterocycles. The first-order chi connectivity index (χ1) is 68.1. The fraction of sp³-hybridized carbons (Fsp3) is 0.141. The number of halogens is 21. The summed E-state index contributed by atoms with van der Waals surface area (Å²) < 4.78 is 252. The Hall–Kier alpha value is -14.9. The van der Waals surface area contributed by atoms with E-state index in [1.54, 1.807) is 24.3 Å². The number of rotatable bonds is 19. The number of carbonyl (C=O) groups excluding carboxylic acids is 1. The van der Waals surface area contributed by atoms with Gasteiger partial charge in [-0.05, 0) is 268 Å². The molecule has 8 aromatic heterocycles. The molecule has 0 aliphatic rings. The molecule has 756 valence electrons. The van der Waals surface area contributed by atoms with Crippen molar-refractivity contribution < 1.29 is 108 Å². The number of benzene rings is 8.